The molecule has 140 valence electrons. The van der Waals surface area contributed by atoms with Crippen molar-refractivity contribution in [3.8, 4) is 0 Å². The summed E-state index contributed by atoms with van der Waals surface area (Å²) >= 11 is 0. The molecule has 12 heteroatoms. The van der Waals surface area contributed by atoms with E-state index in [1.807, 2.05) is 0 Å². The molecule has 0 aliphatic heterocycles. The number of halogens is 5. The van der Waals surface area contributed by atoms with Crippen molar-refractivity contribution in [3.63, 3.8) is 0 Å². The number of aromatic carboxylic acids is 1. The molecule has 0 atom stereocenters. The van der Waals surface area contributed by atoms with E-state index in [1.165, 1.54) is 0 Å². The normalized spacial score (nSPS) is 7.87. The van der Waals surface area contributed by atoms with Gasteiger partial charge in [-0.15, -0.1) is 13.2 Å². The minimum Gasteiger partial charge on any atom is -0.855 e. The first-order valence-corrected chi connectivity index (χ1v) is 5.09. The molecule has 0 saturated carbocycles. The van der Waals surface area contributed by atoms with Gasteiger partial charge in [0.25, 0.3) is 0 Å². The number of carboxylic acids is 1. The van der Waals surface area contributed by atoms with Crippen LogP contribution in [0.4, 0.5) is 22.0 Å². The summed E-state index contributed by atoms with van der Waals surface area (Å²) in [6, 6.07) is 0. The van der Waals surface area contributed by atoms with E-state index in [4.69, 9.17) is 10.2 Å². The molecule has 0 radical (unpaired) electrons. The third-order valence-electron chi connectivity index (χ3n) is 1.41. The van der Waals surface area contributed by atoms with E-state index in [-0.39, 0.29) is 31.7 Å². The van der Waals surface area contributed by atoms with Crippen molar-refractivity contribution in [2.75, 3.05) is 13.2 Å². The molecule has 0 spiro atoms. The van der Waals surface area contributed by atoms with E-state index in [1.54, 1.807) is 13.8 Å². The zero-order valence-electron chi connectivity index (χ0n) is 13.4. The van der Waals surface area contributed by atoms with Crippen molar-refractivity contribution in [3.05, 3.63) is 34.6 Å². The van der Waals surface area contributed by atoms with Crippen LogP contribution in [0.2, 0.25) is 0 Å². The molecule has 0 unspecified atom stereocenters. The van der Waals surface area contributed by atoms with Crippen LogP contribution in [-0.4, -0.2) is 19.2 Å². The average Bonchev–Trinajstić information content (AvgIpc) is 2.36. The monoisotopic (exact) mass is 355 g/mol. The summed E-state index contributed by atoms with van der Waals surface area (Å²) in [4.78, 5) is 10.0. The average molecular weight is 355 g/mol. The maximum Gasteiger partial charge on any atom is 0.200 e. The lowest BCUT2D eigenvalue weighted by molar-refractivity contribution is -0.362. The molecule has 1 rings (SSSR count). The molecule has 23 heavy (non-hydrogen) atoms. The van der Waals surface area contributed by atoms with Crippen molar-refractivity contribution in [2.24, 2.45) is 0 Å². The lowest BCUT2D eigenvalue weighted by Crippen LogP contribution is -2.26. The molecule has 0 amide bonds. The molecule has 0 saturated heterocycles. The summed E-state index contributed by atoms with van der Waals surface area (Å²) in [6.45, 7) is 3.14. The van der Waals surface area contributed by atoms with Gasteiger partial charge >= 0.3 is 0 Å². The Morgan fingerprint density at radius 3 is 1.09 bits per heavy atom. The summed E-state index contributed by atoms with van der Waals surface area (Å²) < 4.78 is 62.0. The predicted molar refractivity (Wildman–Crippen MR) is 69.6 cm³/mol. The molecule has 0 bridgehead atoms. The van der Waals surface area contributed by atoms with Crippen LogP contribution in [0.3, 0.4) is 0 Å². The third-order valence-corrected chi connectivity index (χ3v) is 1.41. The molecule has 0 aromatic heterocycles. The van der Waals surface area contributed by atoms with Crippen molar-refractivity contribution in [1.29, 1.82) is 0 Å². The second-order valence-corrected chi connectivity index (χ2v) is 2.81. The number of hydrogen-bond donors (Lipinski definition) is 3. The smallest absolute Gasteiger partial charge is 0.200 e. The fourth-order valence-electron chi connectivity index (χ4n) is 0.784. The van der Waals surface area contributed by atoms with Crippen molar-refractivity contribution in [1.82, 2.24) is 18.5 Å². The molecule has 0 aliphatic rings. The summed E-state index contributed by atoms with van der Waals surface area (Å²) in [6.07, 6.45) is 0. The molecule has 1 aromatic carbocycles. The molecular formula is C11H22F5N3O4. The molecule has 12 N–H and O–H groups in total. The summed E-state index contributed by atoms with van der Waals surface area (Å²) in [5.41, 5.74) is -1.97. The number of hydrogen-bond acceptors (Lipinski definition) is 4. The van der Waals surface area contributed by atoms with E-state index in [2.05, 4.69) is 0 Å². The third kappa shape index (κ3) is 9.70. The van der Waals surface area contributed by atoms with Gasteiger partial charge < -0.3 is 38.6 Å². The molecule has 0 heterocycles. The van der Waals surface area contributed by atoms with Crippen molar-refractivity contribution >= 4 is 5.97 Å². The number of quaternary nitrogens is 3. The maximum absolute atomic E-state index is 12.5. The highest BCUT2D eigenvalue weighted by molar-refractivity contribution is 5.86. The van der Waals surface area contributed by atoms with Gasteiger partial charge in [-0.05, 0) is 0 Å². The van der Waals surface area contributed by atoms with Crippen LogP contribution in [0.25, 0.3) is 0 Å². The SMILES string of the molecule is CC[O-].CC[O-].O=C([O-])c1c(F)c(F)c(F)c(F)c1F.[NH4+].[NH4+].[NH4+]. The van der Waals surface area contributed by atoms with Gasteiger partial charge in [-0.25, -0.2) is 22.0 Å². The maximum atomic E-state index is 12.5. The van der Waals surface area contributed by atoms with Gasteiger partial charge in [0.1, 0.15) is 0 Å². The topological polar surface area (TPSA) is 196 Å². The Labute approximate surface area is 129 Å². The highest BCUT2D eigenvalue weighted by Crippen LogP contribution is 2.22. The van der Waals surface area contributed by atoms with E-state index >= 15 is 0 Å². The number of carbonyl (C=O) groups excluding carboxylic acids is 1. The second-order valence-electron chi connectivity index (χ2n) is 2.81. The summed E-state index contributed by atoms with van der Waals surface area (Å²) in [5.74, 6) is -14.4. The van der Waals surface area contributed by atoms with Crippen LogP contribution >= 0.6 is 0 Å². The Hall–Kier alpha value is -1.86. The Morgan fingerprint density at radius 2 is 0.913 bits per heavy atom. The Kier molecular flexibility index (Phi) is 23.6. The zero-order chi connectivity index (χ0) is 16.5. The molecule has 7 nitrogen and oxygen atoms in total. The van der Waals surface area contributed by atoms with Crippen molar-refractivity contribution in [2.45, 2.75) is 13.8 Å². The fraction of sp³-hybridized carbons (Fsp3) is 0.364. The van der Waals surface area contributed by atoms with Gasteiger partial charge in [-0.2, -0.15) is 0 Å². The predicted octanol–water partition coefficient (Wildman–Crippen LogP) is 0.607. The Bertz CT molecular complexity index is 433. The first-order valence-electron chi connectivity index (χ1n) is 5.09. The van der Waals surface area contributed by atoms with E-state index in [0.29, 0.717) is 0 Å². The zero-order valence-corrected chi connectivity index (χ0v) is 13.4. The highest BCUT2D eigenvalue weighted by atomic mass is 19.2. The number of carbonyl (C=O) groups is 1. The highest BCUT2D eigenvalue weighted by Gasteiger charge is 2.25. The fourth-order valence-corrected chi connectivity index (χ4v) is 0.784. The van der Waals surface area contributed by atoms with Crippen LogP contribution in [-0.2, 0) is 0 Å². The molecular weight excluding hydrogens is 333 g/mol. The number of rotatable bonds is 1. The molecule has 0 aliphatic carbocycles. The lowest BCUT2D eigenvalue weighted by Gasteiger charge is -2.07. The van der Waals surface area contributed by atoms with E-state index in [9.17, 15) is 31.9 Å². The van der Waals surface area contributed by atoms with Gasteiger partial charge in [0.15, 0.2) is 23.3 Å². The quantitative estimate of drug-likeness (QED) is 0.377. The second kappa shape index (κ2) is 16.5. The Balaban J connectivity index is -0.000000105. The van der Waals surface area contributed by atoms with Gasteiger partial charge in [-0.1, -0.05) is 13.8 Å². The van der Waals surface area contributed by atoms with Crippen LogP contribution in [0.15, 0.2) is 0 Å². The van der Waals surface area contributed by atoms with Crippen LogP contribution in [0, 0.1) is 29.1 Å². The first kappa shape index (κ1) is 32.9. The largest absolute Gasteiger partial charge is 0.855 e. The minimum absolute atomic E-state index is 0. The molecule has 1 aromatic rings. The number of carboxylic acid groups (broad SMARTS) is 1. The minimum atomic E-state index is -2.47. The standard InChI is InChI=1S/C7HF5O2.2C2H5O.3H3N/c8-2-1(7(13)14)3(9)5(11)6(12)4(2)10;2*1-2-3;;;/h(H,13,14);2*2H2,1H3;3*1H3/q;2*-1;;;/p+2. The summed E-state index contributed by atoms with van der Waals surface area (Å²) in [7, 11) is 0. The van der Waals surface area contributed by atoms with Crippen LogP contribution < -0.4 is 33.8 Å². The van der Waals surface area contributed by atoms with Crippen molar-refractivity contribution < 1.29 is 42.1 Å². The Morgan fingerprint density at radius 1 is 0.739 bits per heavy atom. The lowest BCUT2D eigenvalue weighted by atomic mass is 10.1. The first-order chi connectivity index (χ1) is 9.20. The van der Waals surface area contributed by atoms with E-state index < -0.39 is 40.6 Å². The van der Waals surface area contributed by atoms with Crippen LogP contribution in [0.5, 0.6) is 0 Å². The van der Waals surface area contributed by atoms with Crippen LogP contribution in [0.1, 0.15) is 24.2 Å². The molecule has 0 fully saturated rings. The van der Waals surface area contributed by atoms with Gasteiger partial charge in [0.2, 0.25) is 5.82 Å². The summed E-state index contributed by atoms with van der Waals surface area (Å²) in [5, 5.41) is 27.9. The van der Waals surface area contributed by atoms with Gasteiger partial charge in [0, 0.05) is 0 Å². The van der Waals surface area contributed by atoms with E-state index in [0.717, 1.165) is 0 Å². The van der Waals surface area contributed by atoms with Gasteiger partial charge in [0.05, 0.1) is 11.5 Å². The number of benzene rings is 1. The van der Waals surface area contributed by atoms with Gasteiger partial charge in [-0.3, -0.25) is 0 Å².